The third-order valence-corrected chi connectivity index (χ3v) is 12.6. The molecule has 0 fully saturated rings. The van der Waals surface area contributed by atoms with Gasteiger partial charge in [0, 0.05) is 54.6 Å². The van der Waals surface area contributed by atoms with Crippen LogP contribution in [0.25, 0.3) is 22.3 Å². The van der Waals surface area contributed by atoms with Crippen LogP contribution < -0.4 is 37.9 Å². The van der Waals surface area contributed by atoms with E-state index in [4.69, 9.17) is 20.2 Å². The summed E-state index contributed by atoms with van der Waals surface area (Å²) in [6, 6.07) is 10.9. The van der Waals surface area contributed by atoms with Crippen LogP contribution in [0.3, 0.4) is 0 Å². The molecule has 0 bridgehead atoms. The average Bonchev–Trinajstić information content (AvgIpc) is 3.99. The molecule has 1 aliphatic heterocycles. The van der Waals surface area contributed by atoms with Crippen molar-refractivity contribution in [2.24, 2.45) is 5.73 Å². The van der Waals surface area contributed by atoms with E-state index in [1.807, 2.05) is 13.8 Å². The molecule has 0 saturated heterocycles. The van der Waals surface area contributed by atoms with Gasteiger partial charge in [0.1, 0.15) is 30.8 Å². The number of amides is 8. The van der Waals surface area contributed by atoms with Crippen molar-refractivity contribution in [3.05, 3.63) is 110 Å². The molecule has 8 amide bonds. The van der Waals surface area contributed by atoms with Crippen molar-refractivity contribution >= 4 is 64.9 Å². The lowest BCUT2D eigenvalue weighted by atomic mass is 9.84. The number of unbranched alkanes of at least 4 members (excludes halogenated alkanes) is 2. The molecule has 78 heavy (non-hydrogen) atoms. The van der Waals surface area contributed by atoms with Gasteiger partial charge >= 0.3 is 0 Å². The Kier molecular flexibility index (Phi) is 24.6. The smallest absolute Gasteiger partial charge is 0.257 e. The van der Waals surface area contributed by atoms with Crippen molar-refractivity contribution < 1.29 is 62.1 Å². The number of nitrogens with two attached hydrogens (primary N) is 1. The summed E-state index contributed by atoms with van der Waals surface area (Å²) >= 11 is 0. The highest BCUT2D eigenvalue weighted by Crippen LogP contribution is 2.42. The number of carbonyl (C=O) groups excluding carboxylic acids is 9. The summed E-state index contributed by atoms with van der Waals surface area (Å²) in [7, 11) is 1.46. The highest BCUT2D eigenvalue weighted by Gasteiger charge is 2.35. The zero-order valence-corrected chi connectivity index (χ0v) is 44.9. The van der Waals surface area contributed by atoms with Gasteiger partial charge in [-0.15, -0.1) is 0 Å². The Morgan fingerprint density at radius 2 is 1.58 bits per heavy atom. The van der Waals surface area contributed by atoms with Crippen LogP contribution in [-0.2, 0) is 90.6 Å². The number of primary amides is 1. The number of allylic oxidation sites excluding steroid dienone is 1. The second-order valence-electron chi connectivity index (χ2n) is 18.2. The summed E-state index contributed by atoms with van der Waals surface area (Å²) in [5, 5.41) is 23.7. The number of nitrogens with zero attached hydrogens (tertiary/aromatic N) is 3. The predicted octanol–water partition coefficient (Wildman–Crippen LogP) is 1.70. The zero-order valence-electron chi connectivity index (χ0n) is 44.9. The molecule has 2 atom stereocenters. The molecule has 2 aliphatic rings. The Hall–Kier alpha value is -8.02. The van der Waals surface area contributed by atoms with Crippen molar-refractivity contribution in [1.29, 1.82) is 0 Å². The van der Waals surface area contributed by atoms with Crippen LogP contribution in [0.5, 0.6) is 0 Å². The number of aromatic nitrogens is 2. The molecule has 8 N–H and O–H groups in total. The van der Waals surface area contributed by atoms with Gasteiger partial charge in [0.2, 0.25) is 41.9 Å². The third-order valence-electron chi connectivity index (χ3n) is 12.6. The fourth-order valence-electron chi connectivity index (χ4n) is 8.75. The number of hydrogen-bond acceptors (Lipinski definition) is 14. The molecule has 4 aromatic rings. The van der Waals surface area contributed by atoms with E-state index in [9.17, 15) is 57.4 Å². The number of aldehydes is 1. The topological polar surface area (TPSA) is 317 Å². The van der Waals surface area contributed by atoms with Crippen molar-refractivity contribution in [2.75, 3.05) is 46.6 Å². The van der Waals surface area contributed by atoms with Gasteiger partial charge in [-0.1, -0.05) is 56.7 Å². The lowest BCUT2D eigenvalue weighted by Crippen LogP contribution is -2.52. The first kappa shape index (κ1) is 62.5. The van der Waals surface area contributed by atoms with Gasteiger partial charge in [-0.25, -0.2) is 9.37 Å². The number of aryl methyl sites for hydroxylation is 2. The molecular formula is C55H70FN9O13. The van der Waals surface area contributed by atoms with Crippen LogP contribution in [0.2, 0.25) is 0 Å². The maximum absolute atomic E-state index is 14.6. The quantitative estimate of drug-likeness (QED) is 0.0180. The van der Waals surface area contributed by atoms with E-state index in [0.29, 0.717) is 61.0 Å². The van der Waals surface area contributed by atoms with Gasteiger partial charge in [-0.3, -0.25) is 52.8 Å². The second kappa shape index (κ2) is 30.7. The summed E-state index contributed by atoms with van der Waals surface area (Å²) < 4.78 is 26.2. The summed E-state index contributed by atoms with van der Waals surface area (Å²) in [5.41, 5.74) is 9.43. The lowest BCUT2D eigenvalue weighted by Gasteiger charge is -2.22. The molecular weight excluding hydrogens is 1010 g/mol. The fraction of sp³-hybridized carbons (Fsp3) is 0.436. The summed E-state index contributed by atoms with van der Waals surface area (Å²) in [6.45, 7) is 7.46. The van der Waals surface area contributed by atoms with E-state index in [1.165, 1.54) is 32.3 Å². The van der Waals surface area contributed by atoms with Gasteiger partial charge in [0.05, 0.1) is 49.7 Å². The number of methoxy groups -OCH3 is 1. The zero-order chi connectivity index (χ0) is 57.5. The molecule has 1 unspecified atom stereocenters. The SMILES string of the molecule is C/C=C\C(=O)N(C=O)CCCCCC(=O)NCC(=O)NCC(=O)NC(Cc1ccccc1)C(=O)NCC(=O)NCOCC(N)=O.CC.COCc1c([C@](C)(O)C=O)cc2n(c1=O)Cc1c-2nc2cc(F)c(C)c3c2c1CCC3. The first-order chi connectivity index (χ1) is 37.3. The minimum atomic E-state index is -1.84. The van der Waals surface area contributed by atoms with Gasteiger partial charge in [0.25, 0.3) is 11.5 Å². The number of aliphatic hydroxyl groups is 1. The van der Waals surface area contributed by atoms with Crippen LogP contribution >= 0.6 is 0 Å². The van der Waals surface area contributed by atoms with E-state index in [1.54, 1.807) is 54.8 Å². The van der Waals surface area contributed by atoms with Crippen molar-refractivity contribution in [2.45, 2.75) is 111 Å². The molecule has 1 aliphatic carbocycles. The Bertz CT molecular complexity index is 2930. The Balaban J connectivity index is 0.000000344. The van der Waals surface area contributed by atoms with Crippen LogP contribution in [0.1, 0.15) is 98.7 Å². The van der Waals surface area contributed by atoms with E-state index in [2.05, 4.69) is 26.6 Å². The maximum Gasteiger partial charge on any atom is 0.257 e. The minimum absolute atomic E-state index is 0.0222. The van der Waals surface area contributed by atoms with Crippen LogP contribution in [0.15, 0.2) is 59.4 Å². The number of carbonyl (C=O) groups is 9. The van der Waals surface area contributed by atoms with Gasteiger partial charge < -0.3 is 51.5 Å². The second-order valence-corrected chi connectivity index (χ2v) is 18.2. The van der Waals surface area contributed by atoms with Crippen LogP contribution in [0.4, 0.5) is 4.39 Å². The Morgan fingerprint density at radius 3 is 2.24 bits per heavy atom. The number of halogens is 1. The number of imide groups is 1. The standard InChI is InChI=1S/C29H41N7O9.C24H23FN2O4.C2H6/c1-2-9-28(43)36(20-37)13-8-4-7-12-24(39)31-15-25(40)32-17-27(42)35-22(14-21-10-5-3-6-11-21)29(44)33-16-26(41)34-19-45-18-23(30)38;1-12-13-5-4-6-14-15-9-27-20(22(15)26-19(21(13)14)8-18(12)25)7-17(24(2,30)11-28)16(10-31-3)23(27)29;1-2/h2-3,5-6,9-11,20,22H,4,7-8,12-19H2,1H3,(H2,30,38)(H,31,39)(H,32,40)(H,33,44)(H,34,41)(H,35,42);7-8,11,30H,4-6,9-10H2,1-3H3;1-2H3/b9-2-;;/t;24-;/m.1./s1. The first-order valence-electron chi connectivity index (χ1n) is 25.6. The van der Waals surface area contributed by atoms with Crippen LogP contribution in [-0.4, -0.2) is 126 Å². The van der Waals surface area contributed by atoms with Gasteiger partial charge in [-0.2, -0.15) is 0 Å². The van der Waals surface area contributed by atoms with Crippen molar-refractivity contribution in [3.8, 4) is 11.4 Å². The number of rotatable bonds is 26. The lowest BCUT2D eigenvalue weighted by molar-refractivity contribution is -0.134. The van der Waals surface area contributed by atoms with E-state index >= 15 is 0 Å². The van der Waals surface area contributed by atoms with Gasteiger partial charge in [0.15, 0.2) is 6.29 Å². The van der Waals surface area contributed by atoms with Crippen molar-refractivity contribution in [3.63, 3.8) is 0 Å². The third kappa shape index (κ3) is 17.2. The molecule has 420 valence electrons. The Morgan fingerprint density at radius 1 is 0.910 bits per heavy atom. The molecule has 0 saturated carbocycles. The predicted molar refractivity (Wildman–Crippen MR) is 285 cm³/mol. The molecule has 6 rings (SSSR count). The molecule has 3 heterocycles. The van der Waals surface area contributed by atoms with E-state index < -0.39 is 60.2 Å². The highest BCUT2D eigenvalue weighted by molar-refractivity contribution is 5.95. The molecule has 0 radical (unpaired) electrons. The minimum Gasteiger partial charge on any atom is -0.380 e. The maximum atomic E-state index is 14.6. The van der Waals surface area contributed by atoms with E-state index in [-0.39, 0.29) is 74.3 Å². The molecule has 2 aromatic heterocycles. The summed E-state index contributed by atoms with van der Waals surface area (Å²) in [4.78, 5) is 126. The summed E-state index contributed by atoms with van der Waals surface area (Å²) in [5.74, 6) is -4.33. The number of nitrogens with one attached hydrogen (secondary N) is 5. The molecule has 23 heteroatoms. The number of fused-ring (bicyclic) bond motifs is 4. The van der Waals surface area contributed by atoms with Crippen molar-refractivity contribution in [1.82, 2.24) is 41.0 Å². The molecule has 2 aromatic carbocycles. The summed E-state index contributed by atoms with van der Waals surface area (Å²) in [6.07, 6.45) is 8.08. The normalized spacial score (nSPS) is 12.9. The largest absolute Gasteiger partial charge is 0.380 e. The highest BCUT2D eigenvalue weighted by atomic mass is 19.1. The fourth-order valence-corrected chi connectivity index (χ4v) is 8.75. The van der Waals surface area contributed by atoms with Gasteiger partial charge in [-0.05, 0) is 87.3 Å². The molecule has 0 spiro atoms. The molecule has 22 nitrogen and oxygen atoms in total. The monoisotopic (exact) mass is 1080 g/mol. The average molecular weight is 1080 g/mol. The van der Waals surface area contributed by atoms with Crippen LogP contribution in [0, 0.1) is 12.7 Å². The number of pyridine rings is 2. The number of benzene rings is 2. The first-order valence-corrected chi connectivity index (χ1v) is 25.6. The van der Waals surface area contributed by atoms with E-state index in [0.717, 1.165) is 51.8 Å². The number of ether oxygens (including phenoxy) is 2. The number of hydrogen-bond donors (Lipinski definition) is 7. The Labute approximate surface area is 451 Å².